The molecule has 1 atom stereocenters. The van der Waals surface area contributed by atoms with Crippen molar-refractivity contribution in [3.8, 4) is 0 Å². The number of hydrogen-bond acceptors (Lipinski definition) is 3. The summed E-state index contributed by atoms with van der Waals surface area (Å²) in [5.41, 5.74) is 1.13. The van der Waals surface area contributed by atoms with Gasteiger partial charge in [-0.15, -0.1) is 11.3 Å². The quantitative estimate of drug-likeness (QED) is 0.879. The summed E-state index contributed by atoms with van der Waals surface area (Å²) in [6, 6.07) is 5.28. The van der Waals surface area contributed by atoms with Crippen molar-refractivity contribution >= 4 is 34.6 Å². The van der Waals surface area contributed by atoms with Gasteiger partial charge in [0.25, 0.3) is 0 Å². The predicted molar refractivity (Wildman–Crippen MR) is 74.7 cm³/mol. The van der Waals surface area contributed by atoms with Gasteiger partial charge in [0, 0.05) is 6.04 Å². The van der Waals surface area contributed by atoms with E-state index in [9.17, 15) is 9.18 Å². The molecule has 0 fully saturated rings. The minimum atomic E-state index is -1.09. The van der Waals surface area contributed by atoms with Crippen molar-refractivity contribution in [3.05, 3.63) is 50.9 Å². The predicted octanol–water partition coefficient (Wildman–Crippen LogP) is 4.41. The topological polar surface area (TPSA) is 49.3 Å². The van der Waals surface area contributed by atoms with Crippen LogP contribution in [0.15, 0.2) is 29.6 Å². The maximum Gasteiger partial charge on any atom is 0.335 e. The molecular weight excluding hydrogens is 289 g/mol. The Hall–Kier alpha value is -1.59. The number of carboxylic acid groups (broad SMARTS) is 1. The lowest BCUT2D eigenvalue weighted by molar-refractivity contribution is 0.0697. The second kappa shape index (κ2) is 5.59. The minimum Gasteiger partial charge on any atom is -0.478 e. The Bertz CT molecular complexity index is 614. The Morgan fingerprint density at radius 1 is 1.47 bits per heavy atom. The van der Waals surface area contributed by atoms with Crippen molar-refractivity contribution in [2.45, 2.75) is 13.0 Å². The fourth-order valence-electron chi connectivity index (χ4n) is 1.64. The van der Waals surface area contributed by atoms with E-state index < -0.39 is 11.8 Å². The first kappa shape index (κ1) is 13.8. The summed E-state index contributed by atoms with van der Waals surface area (Å²) in [5.74, 6) is -1.58. The molecule has 0 aliphatic rings. The highest BCUT2D eigenvalue weighted by molar-refractivity contribution is 7.14. The number of aromatic carboxylic acids is 1. The molecule has 2 N–H and O–H groups in total. The SMILES string of the molecule is CC(Nc1cc(C(=O)O)ccc1F)c1csc(Cl)c1. The molecule has 1 heterocycles. The zero-order valence-corrected chi connectivity index (χ0v) is 11.6. The Labute approximate surface area is 118 Å². The van der Waals surface area contributed by atoms with Crippen LogP contribution in [0, 0.1) is 5.82 Å². The molecule has 0 aliphatic heterocycles. The molecule has 2 aromatic rings. The van der Waals surface area contributed by atoms with Gasteiger partial charge in [0.05, 0.1) is 15.6 Å². The molecule has 0 radical (unpaired) electrons. The maximum absolute atomic E-state index is 13.6. The van der Waals surface area contributed by atoms with Gasteiger partial charge in [-0.25, -0.2) is 9.18 Å². The molecule has 0 bridgehead atoms. The number of halogens is 2. The van der Waals surface area contributed by atoms with Crippen LogP contribution in [0.5, 0.6) is 0 Å². The molecule has 19 heavy (non-hydrogen) atoms. The Balaban J connectivity index is 2.22. The first-order chi connectivity index (χ1) is 8.97. The van der Waals surface area contributed by atoms with E-state index in [-0.39, 0.29) is 17.3 Å². The Morgan fingerprint density at radius 3 is 2.79 bits per heavy atom. The third kappa shape index (κ3) is 3.24. The molecule has 6 heteroatoms. The highest BCUT2D eigenvalue weighted by Crippen LogP contribution is 2.28. The average Bonchev–Trinajstić information content (AvgIpc) is 2.78. The first-order valence-electron chi connectivity index (χ1n) is 5.50. The third-order valence-electron chi connectivity index (χ3n) is 2.67. The average molecular weight is 300 g/mol. The van der Waals surface area contributed by atoms with Gasteiger partial charge in [-0.3, -0.25) is 0 Å². The van der Waals surface area contributed by atoms with Gasteiger partial charge < -0.3 is 10.4 Å². The summed E-state index contributed by atoms with van der Waals surface area (Å²) in [7, 11) is 0. The lowest BCUT2D eigenvalue weighted by Gasteiger charge is -2.15. The van der Waals surface area contributed by atoms with Crippen molar-refractivity contribution in [2.75, 3.05) is 5.32 Å². The number of rotatable bonds is 4. The second-order valence-electron chi connectivity index (χ2n) is 4.05. The molecule has 1 aromatic heterocycles. The molecule has 100 valence electrons. The van der Waals surface area contributed by atoms with Crippen LogP contribution in [0.3, 0.4) is 0 Å². The number of thiophene rings is 1. The minimum absolute atomic E-state index is 0.0412. The molecule has 0 saturated carbocycles. The smallest absolute Gasteiger partial charge is 0.335 e. The van der Waals surface area contributed by atoms with Crippen LogP contribution in [0.4, 0.5) is 10.1 Å². The van der Waals surface area contributed by atoms with E-state index in [1.54, 1.807) is 6.07 Å². The monoisotopic (exact) mass is 299 g/mol. The number of carboxylic acids is 1. The first-order valence-corrected chi connectivity index (χ1v) is 6.76. The molecule has 1 aromatic carbocycles. The summed E-state index contributed by atoms with van der Waals surface area (Å²) in [6.07, 6.45) is 0. The summed E-state index contributed by atoms with van der Waals surface area (Å²) in [4.78, 5) is 10.9. The number of nitrogens with one attached hydrogen (secondary N) is 1. The normalized spacial score (nSPS) is 12.2. The van der Waals surface area contributed by atoms with Gasteiger partial charge in [0.2, 0.25) is 0 Å². The maximum atomic E-state index is 13.6. The van der Waals surface area contributed by atoms with E-state index in [2.05, 4.69) is 5.32 Å². The van der Waals surface area contributed by atoms with Crippen LogP contribution in [-0.2, 0) is 0 Å². The fraction of sp³-hybridized carbons (Fsp3) is 0.154. The molecule has 0 spiro atoms. The van der Waals surface area contributed by atoms with E-state index in [0.717, 1.165) is 11.6 Å². The summed E-state index contributed by atoms with van der Waals surface area (Å²) in [6.45, 7) is 1.85. The van der Waals surface area contributed by atoms with Crippen LogP contribution in [-0.4, -0.2) is 11.1 Å². The van der Waals surface area contributed by atoms with E-state index in [1.165, 1.54) is 23.5 Å². The van der Waals surface area contributed by atoms with Crippen LogP contribution >= 0.6 is 22.9 Å². The Kier molecular flexibility index (Phi) is 4.07. The van der Waals surface area contributed by atoms with Crippen molar-refractivity contribution < 1.29 is 14.3 Å². The highest BCUT2D eigenvalue weighted by atomic mass is 35.5. The zero-order valence-electron chi connectivity index (χ0n) is 9.98. The van der Waals surface area contributed by atoms with E-state index >= 15 is 0 Å². The van der Waals surface area contributed by atoms with E-state index in [0.29, 0.717) is 4.34 Å². The summed E-state index contributed by atoms with van der Waals surface area (Å²) >= 11 is 7.24. The van der Waals surface area contributed by atoms with Gasteiger partial charge in [-0.05, 0) is 42.1 Å². The van der Waals surface area contributed by atoms with Gasteiger partial charge in [-0.2, -0.15) is 0 Å². The summed E-state index contributed by atoms with van der Waals surface area (Å²) in [5, 5.41) is 13.7. The standard InChI is InChI=1S/C13H11ClFNO2S/c1-7(9-5-12(14)19-6-9)16-11-4-8(13(17)18)2-3-10(11)15/h2-7,16H,1H3,(H,17,18). The second-order valence-corrected chi connectivity index (χ2v) is 5.59. The van der Waals surface area contributed by atoms with Gasteiger partial charge >= 0.3 is 5.97 Å². The molecule has 0 aliphatic carbocycles. The van der Waals surface area contributed by atoms with Crippen LogP contribution in [0.25, 0.3) is 0 Å². The fourth-order valence-corrected chi connectivity index (χ4v) is 2.62. The van der Waals surface area contributed by atoms with Crippen molar-refractivity contribution in [1.29, 1.82) is 0 Å². The number of hydrogen-bond donors (Lipinski definition) is 2. The van der Waals surface area contributed by atoms with Crippen LogP contribution in [0.2, 0.25) is 4.34 Å². The molecule has 2 rings (SSSR count). The van der Waals surface area contributed by atoms with Crippen molar-refractivity contribution in [3.63, 3.8) is 0 Å². The van der Waals surface area contributed by atoms with Gasteiger partial charge in [0.1, 0.15) is 5.82 Å². The number of benzene rings is 1. The van der Waals surface area contributed by atoms with Crippen molar-refractivity contribution in [1.82, 2.24) is 0 Å². The number of carbonyl (C=O) groups is 1. The lowest BCUT2D eigenvalue weighted by Crippen LogP contribution is -2.08. The van der Waals surface area contributed by atoms with Crippen LogP contribution in [0.1, 0.15) is 28.9 Å². The molecule has 0 saturated heterocycles. The van der Waals surface area contributed by atoms with Crippen LogP contribution < -0.4 is 5.32 Å². The van der Waals surface area contributed by atoms with Gasteiger partial charge in [-0.1, -0.05) is 11.6 Å². The lowest BCUT2D eigenvalue weighted by atomic mass is 10.1. The van der Waals surface area contributed by atoms with E-state index in [1.807, 2.05) is 12.3 Å². The van der Waals surface area contributed by atoms with Crippen molar-refractivity contribution in [2.24, 2.45) is 0 Å². The zero-order chi connectivity index (χ0) is 14.0. The molecule has 3 nitrogen and oxygen atoms in total. The molecule has 0 amide bonds. The summed E-state index contributed by atoms with van der Waals surface area (Å²) < 4.78 is 14.3. The van der Waals surface area contributed by atoms with Gasteiger partial charge in [0.15, 0.2) is 0 Å². The largest absolute Gasteiger partial charge is 0.478 e. The number of anilines is 1. The molecular formula is C13H11ClFNO2S. The third-order valence-corrected chi connectivity index (χ3v) is 3.78. The highest BCUT2D eigenvalue weighted by Gasteiger charge is 2.12. The molecule has 1 unspecified atom stereocenters. The van der Waals surface area contributed by atoms with E-state index in [4.69, 9.17) is 16.7 Å². The Morgan fingerprint density at radius 2 is 2.21 bits per heavy atom.